The first-order valence-electron chi connectivity index (χ1n) is 7.80. The molecule has 7 heteroatoms. The van der Waals surface area contributed by atoms with Crippen LogP contribution in [0.5, 0.6) is 5.75 Å². The van der Waals surface area contributed by atoms with Gasteiger partial charge in [0.25, 0.3) is 0 Å². The van der Waals surface area contributed by atoms with Crippen molar-refractivity contribution in [1.82, 2.24) is 9.97 Å². The zero-order valence-electron chi connectivity index (χ0n) is 14.6. The molecule has 0 saturated carbocycles. The molecule has 0 bridgehead atoms. The van der Waals surface area contributed by atoms with E-state index in [1.54, 1.807) is 19.1 Å². The van der Waals surface area contributed by atoms with Gasteiger partial charge in [-0.25, -0.2) is 14.8 Å². The predicted octanol–water partition coefficient (Wildman–Crippen LogP) is 5.24. The molecular formula is C19H16Cl2N2O3. The average molecular weight is 391 g/mol. The number of hydrogen-bond donors (Lipinski definition) is 1. The first-order chi connectivity index (χ1) is 12.3. The number of aryl methyl sites for hydroxylation is 3. The number of benzene rings is 2. The monoisotopic (exact) mass is 390 g/mol. The number of hydrogen-bond acceptors (Lipinski definition) is 4. The SMILES string of the molecule is COc1cc(C)c(Cl)c(-c2ccc(C(=O)O)c3nc(C)c(C)nc23)c1Cl. The molecule has 26 heavy (non-hydrogen) atoms. The minimum atomic E-state index is -1.07. The Morgan fingerprint density at radius 2 is 1.65 bits per heavy atom. The number of carboxylic acid groups (broad SMARTS) is 1. The fourth-order valence-electron chi connectivity index (χ4n) is 2.80. The number of methoxy groups -OCH3 is 1. The van der Waals surface area contributed by atoms with Gasteiger partial charge >= 0.3 is 5.97 Å². The maximum atomic E-state index is 11.6. The quantitative estimate of drug-likeness (QED) is 0.662. The van der Waals surface area contributed by atoms with E-state index in [1.165, 1.54) is 13.2 Å². The summed E-state index contributed by atoms with van der Waals surface area (Å²) < 4.78 is 5.34. The van der Waals surface area contributed by atoms with Gasteiger partial charge in [-0.1, -0.05) is 29.3 Å². The Bertz CT molecular complexity index is 1060. The molecular weight excluding hydrogens is 375 g/mol. The first-order valence-corrected chi connectivity index (χ1v) is 8.56. The lowest BCUT2D eigenvalue weighted by atomic mass is 9.98. The Balaban J connectivity index is 2.49. The van der Waals surface area contributed by atoms with Gasteiger partial charge in [0, 0.05) is 11.1 Å². The molecule has 0 saturated heterocycles. The second-order valence-electron chi connectivity index (χ2n) is 5.96. The highest BCUT2D eigenvalue weighted by Gasteiger charge is 2.22. The van der Waals surface area contributed by atoms with Crippen molar-refractivity contribution in [3.63, 3.8) is 0 Å². The number of nitrogens with zero attached hydrogens (tertiary/aromatic N) is 2. The number of ether oxygens (including phenoxy) is 1. The molecule has 3 aromatic rings. The van der Waals surface area contributed by atoms with Crippen LogP contribution in [0.2, 0.25) is 10.0 Å². The van der Waals surface area contributed by atoms with Gasteiger partial charge in [0.2, 0.25) is 0 Å². The topological polar surface area (TPSA) is 72.3 Å². The molecule has 0 unspecified atom stereocenters. The third kappa shape index (κ3) is 2.87. The highest BCUT2D eigenvalue weighted by atomic mass is 35.5. The molecule has 0 aliphatic carbocycles. The van der Waals surface area contributed by atoms with Gasteiger partial charge in [0.1, 0.15) is 11.3 Å². The number of aromatic carboxylic acids is 1. The second-order valence-corrected chi connectivity index (χ2v) is 6.71. The Hall–Kier alpha value is -2.37. The highest BCUT2D eigenvalue weighted by molar-refractivity contribution is 6.41. The Morgan fingerprint density at radius 3 is 2.23 bits per heavy atom. The second kappa shape index (κ2) is 6.74. The predicted molar refractivity (Wildman–Crippen MR) is 103 cm³/mol. The number of halogens is 2. The molecule has 0 amide bonds. The summed E-state index contributed by atoms with van der Waals surface area (Å²) in [6, 6.07) is 4.90. The minimum absolute atomic E-state index is 0.0752. The van der Waals surface area contributed by atoms with Gasteiger partial charge in [-0.15, -0.1) is 0 Å². The van der Waals surface area contributed by atoms with Crippen LogP contribution < -0.4 is 4.74 Å². The molecule has 0 aliphatic rings. The lowest BCUT2D eigenvalue weighted by Crippen LogP contribution is -2.04. The lowest BCUT2D eigenvalue weighted by molar-refractivity contribution is 0.0699. The van der Waals surface area contributed by atoms with Crippen LogP contribution in [0.4, 0.5) is 0 Å². The third-order valence-electron chi connectivity index (χ3n) is 4.30. The highest BCUT2D eigenvalue weighted by Crippen LogP contribution is 2.44. The van der Waals surface area contributed by atoms with Crippen LogP contribution in [0.3, 0.4) is 0 Å². The van der Waals surface area contributed by atoms with Gasteiger partial charge in [0.15, 0.2) is 0 Å². The van der Waals surface area contributed by atoms with Crippen molar-refractivity contribution in [2.75, 3.05) is 7.11 Å². The van der Waals surface area contributed by atoms with Gasteiger partial charge in [0.05, 0.1) is 39.6 Å². The van der Waals surface area contributed by atoms with E-state index >= 15 is 0 Å². The van der Waals surface area contributed by atoms with Crippen molar-refractivity contribution in [2.24, 2.45) is 0 Å². The van der Waals surface area contributed by atoms with E-state index < -0.39 is 5.97 Å². The summed E-state index contributed by atoms with van der Waals surface area (Å²) in [4.78, 5) is 20.6. The summed E-state index contributed by atoms with van der Waals surface area (Å²) in [5.74, 6) is -0.589. The summed E-state index contributed by atoms with van der Waals surface area (Å²) in [6.45, 7) is 5.45. The molecule has 1 heterocycles. The zero-order chi connectivity index (χ0) is 19.2. The van der Waals surface area contributed by atoms with Gasteiger partial charge in [-0.2, -0.15) is 0 Å². The standard InChI is InChI=1S/C19H16Cl2N2O3/c1-8-7-13(26-4)16(21)14(15(8)20)11-5-6-12(19(24)25)18-17(11)22-9(2)10(3)23-18/h5-7H,1-4H3,(H,24,25). The number of aromatic nitrogens is 2. The van der Waals surface area contributed by atoms with Crippen LogP contribution in [0, 0.1) is 20.8 Å². The van der Waals surface area contributed by atoms with E-state index in [1.807, 2.05) is 13.8 Å². The molecule has 0 atom stereocenters. The fraction of sp³-hybridized carbons (Fsp3) is 0.211. The van der Waals surface area contributed by atoms with Crippen molar-refractivity contribution < 1.29 is 14.6 Å². The molecule has 1 N–H and O–H groups in total. The third-order valence-corrected chi connectivity index (χ3v) is 5.16. The Labute approximate surface area is 160 Å². The molecule has 0 radical (unpaired) electrons. The van der Waals surface area contributed by atoms with E-state index in [0.717, 1.165) is 5.56 Å². The summed E-state index contributed by atoms with van der Waals surface area (Å²) in [5.41, 5.74) is 4.11. The van der Waals surface area contributed by atoms with E-state index in [0.29, 0.717) is 49.3 Å². The van der Waals surface area contributed by atoms with E-state index in [2.05, 4.69) is 9.97 Å². The van der Waals surface area contributed by atoms with E-state index in [9.17, 15) is 9.90 Å². The molecule has 1 aromatic heterocycles. The molecule has 134 valence electrons. The maximum Gasteiger partial charge on any atom is 0.337 e. The summed E-state index contributed by atoms with van der Waals surface area (Å²) >= 11 is 13.1. The van der Waals surface area contributed by atoms with Crippen LogP contribution in [0.25, 0.3) is 22.2 Å². The van der Waals surface area contributed by atoms with Gasteiger partial charge in [-0.05, 0) is 38.5 Å². The van der Waals surface area contributed by atoms with E-state index in [4.69, 9.17) is 27.9 Å². The van der Waals surface area contributed by atoms with Gasteiger partial charge < -0.3 is 9.84 Å². The molecule has 0 spiro atoms. The van der Waals surface area contributed by atoms with Crippen LogP contribution in [-0.2, 0) is 0 Å². The number of fused-ring (bicyclic) bond motifs is 1. The maximum absolute atomic E-state index is 11.6. The van der Waals surface area contributed by atoms with Gasteiger partial charge in [-0.3, -0.25) is 0 Å². The normalized spacial score (nSPS) is 11.0. The molecule has 0 aliphatic heterocycles. The van der Waals surface area contributed by atoms with Crippen LogP contribution >= 0.6 is 23.2 Å². The largest absolute Gasteiger partial charge is 0.495 e. The van der Waals surface area contributed by atoms with Crippen LogP contribution in [0.1, 0.15) is 27.3 Å². The summed E-state index contributed by atoms with van der Waals surface area (Å²) in [7, 11) is 1.53. The first kappa shape index (κ1) is 18.4. The molecule has 5 nitrogen and oxygen atoms in total. The van der Waals surface area contributed by atoms with Crippen molar-refractivity contribution in [1.29, 1.82) is 0 Å². The Morgan fingerprint density at radius 1 is 1.04 bits per heavy atom. The summed E-state index contributed by atoms with van der Waals surface area (Å²) in [6.07, 6.45) is 0. The van der Waals surface area contributed by atoms with Crippen molar-refractivity contribution in [3.05, 3.63) is 50.8 Å². The molecule has 2 aromatic carbocycles. The van der Waals surface area contributed by atoms with E-state index in [-0.39, 0.29) is 5.56 Å². The van der Waals surface area contributed by atoms with Crippen molar-refractivity contribution >= 4 is 40.2 Å². The Kier molecular flexibility index (Phi) is 4.78. The fourth-order valence-corrected chi connectivity index (χ4v) is 3.43. The lowest BCUT2D eigenvalue weighted by Gasteiger charge is -2.16. The smallest absolute Gasteiger partial charge is 0.337 e. The van der Waals surface area contributed by atoms with Crippen LogP contribution in [0.15, 0.2) is 18.2 Å². The molecule has 3 rings (SSSR count). The minimum Gasteiger partial charge on any atom is -0.495 e. The zero-order valence-corrected chi connectivity index (χ0v) is 16.2. The molecule has 0 fully saturated rings. The average Bonchev–Trinajstić information content (AvgIpc) is 2.59. The van der Waals surface area contributed by atoms with Crippen LogP contribution in [-0.4, -0.2) is 28.2 Å². The summed E-state index contributed by atoms with van der Waals surface area (Å²) in [5, 5.41) is 10.3. The number of rotatable bonds is 3. The van der Waals surface area contributed by atoms with Crippen molar-refractivity contribution in [2.45, 2.75) is 20.8 Å². The van der Waals surface area contributed by atoms with Crippen molar-refractivity contribution in [3.8, 4) is 16.9 Å². The number of carbonyl (C=O) groups is 1. The number of carboxylic acids is 1.